The van der Waals surface area contributed by atoms with E-state index in [2.05, 4.69) is 6.07 Å². The quantitative estimate of drug-likeness (QED) is 0.740. The largest absolute Gasteiger partial charge is 0.469 e. The summed E-state index contributed by atoms with van der Waals surface area (Å²) in [6.45, 7) is 4.03. The van der Waals surface area contributed by atoms with Crippen molar-refractivity contribution in [1.82, 2.24) is 9.13 Å². The van der Waals surface area contributed by atoms with Crippen LogP contribution in [0.5, 0.6) is 5.75 Å². The summed E-state index contributed by atoms with van der Waals surface area (Å²) in [6, 6.07) is 11.9. The van der Waals surface area contributed by atoms with Gasteiger partial charge in [-0.1, -0.05) is 0 Å². The van der Waals surface area contributed by atoms with E-state index >= 15 is 0 Å². The summed E-state index contributed by atoms with van der Waals surface area (Å²) in [5.74, 6) is 0.839. The van der Waals surface area contributed by atoms with Gasteiger partial charge in [0.2, 0.25) is 0 Å². The molecule has 0 aliphatic rings. The zero-order valence-corrected chi connectivity index (χ0v) is 12.2. The van der Waals surface area contributed by atoms with Crippen LogP contribution in [0.1, 0.15) is 18.7 Å². The van der Waals surface area contributed by atoms with E-state index in [4.69, 9.17) is 10.5 Å². The van der Waals surface area contributed by atoms with Crippen LogP contribution in [0.3, 0.4) is 0 Å². The number of aryl methyl sites for hydroxylation is 1. The van der Waals surface area contributed by atoms with Crippen molar-refractivity contribution in [2.75, 3.05) is 5.73 Å². The van der Waals surface area contributed by atoms with Crippen molar-refractivity contribution in [3.63, 3.8) is 0 Å². The number of nitrogen functional groups attached to an aromatic ring is 1. The molecule has 21 heavy (non-hydrogen) atoms. The van der Waals surface area contributed by atoms with Gasteiger partial charge in [0.05, 0.1) is 6.20 Å². The maximum absolute atomic E-state index is 5.93. The molecule has 0 aliphatic carbocycles. The molecule has 0 amide bonds. The van der Waals surface area contributed by atoms with Gasteiger partial charge in [-0.25, -0.2) is 0 Å². The van der Waals surface area contributed by atoms with Crippen molar-refractivity contribution < 1.29 is 4.74 Å². The highest BCUT2D eigenvalue weighted by molar-refractivity contribution is 5.52. The first kappa shape index (κ1) is 13.4. The molecule has 1 atom stereocenters. The van der Waals surface area contributed by atoms with Crippen LogP contribution in [-0.4, -0.2) is 9.13 Å². The summed E-state index contributed by atoms with van der Waals surface area (Å²) in [6.07, 6.45) is 7.91. The van der Waals surface area contributed by atoms with Crippen LogP contribution >= 0.6 is 0 Å². The van der Waals surface area contributed by atoms with Gasteiger partial charge >= 0.3 is 0 Å². The lowest BCUT2D eigenvalue weighted by molar-refractivity contribution is 0.153. The molecule has 1 aromatic carbocycles. The van der Waals surface area contributed by atoms with Crippen LogP contribution in [-0.2, 0) is 0 Å². The second-order valence-electron chi connectivity index (χ2n) is 5.14. The molecule has 2 N–H and O–H groups in total. The van der Waals surface area contributed by atoms with E-state index in [1.54, 1.807) is 0 Å². The van der Waals surface area contributed by atoms with Crippen LogP contribution in [0.15, 0.2) is 61.2 Å². The van der Waals surface area contributed by atoms with Crippen LogP contribution in [0.25, 0.3) is 5.69 Å². The molecule has 0 spiro atoms. The summed E-state index contributed by atoms with van der Waals surface area (Å²) >= 11 is 0. The molecule has 0 aliphatic heterocycles. The van der Waals surface area contributed by atoms with Crippen LogP contribution in [0, 0.1) is 6.92 Å². The maximum atomic E-state index is 5.93. The Kier molecular flexibility index (Phi) is 3.44. The van der Waals surface area contributed by atoms with Crippen LogP contribution < -0.4 is 10.5 Å². The highest BCUT2D eigenvalue weighted by Gasteiger charge is 2.07. The lowest BCUT2D eigenvalue weighted by atomic mass is 10.2. The van der Waals surface area contributed by atoms with Crippen molar-refractivity contribution in [1.29, 1.82) is 0 Å². The Morgan fingerprint density at radius 2 is 1.86 bits per heavy atom. The number of nitrogens with zero attached hydrogens (tertiary/aromatic N) is 2. The number of nitrogens with two attached hydrogens (primary N) is 1. The number of aromatic nitrogens is 2. The Balaban J connectivity index is 1.78. The van der Waals surface area contributed by atoms with Crippen molar-refractivity contribution >= 4 is 5.69 Å². The van der Waals surface area contributed by atoms with E-state index in [1.807, 2.05) is 78.1 Å². The number of hydrogen-bond acceptors (Lipinski definition) is 2. The van der Waals surface area contributed by atoms with Crippen molar-refractivity contribution in [2.24, 2.45) is 0 Å². The predicted molar refractivity (Wildman–Crippen MR) is 84.7 cm³/mol. The molecular weight excluding hydrogens is 262 g/mol. The molecule has 0 saturated carbocycles. The van der Waals surface area contributed by atoms with Gasteiger partial charge in [-0.2, -0.15) is 0 Å². The van der Waals surface area contributed by atoms with E-state index < -0.39 is 0 Å². The third-order valence-electron chi connectivity index (χ3n) is 3.57. The Morgan fingerprint density at radius 3 is 2.57 bits per heavy atom. The molecule has 2 aromatic heterocycles. The second kappa shape index (κ2) is 5.40. The summed E-state index contributed by atoms with van der Waals surface area (Å²) in [5.41, 5.74) is 8.81. The van der Waals surface area contributed by atoms with Crippen LogP contribution in [0.4, 0.5) is 5.69 Å². The average Bonchev–Trinajstić information content (AvgIpc) is 3.12. The minimum atomic E-state index is -0.0380. The number of rotatable bonds is 4. The van der Waals surface area contributed by atoms with Gasteiger partial charge in [0.15, 0.2) is 6.23 Å². The van der Waals surface area contributed by atoms with Gasteiger partial charge in [-0.15, -0.1) is 0 Å². The van der Waals surface area contributed by atoms with Crippen LogP contribution in [0.2, 0.25) is 0 Å². The first-order chi connectivity index (χ1) is 10.1. The first-order valence-electron chi connectivity index (χ1n) is 6.97. The number of anilines is 1. The number of benzene rings is 1. The molecule has 0 radical (unpaired) electrons. The number of ether oxygens (including phenoxy) is 1. The molecule has 3 aromatic rings. The van der Waals surface area contributed by atoms with E-state index in [1.165, 1.54) is 0 Å². The van der Waals surface area contributed by atoms with Gasteiger partial charge in [-0.3, -0.25) is 0 Å². The molecule has 0 fully saturated rings. The second-order valence-corrected chi connectivity index (χ2v) is 5.14. The molecular formula is C17H19N3O. The first-order valence-corrected chi connectivity index (χ1v) is 6.97. The Hall–Kier alpha value is -2.62. The maximum Gasteiger partial charge on any atom is 0.172 e. The van der Waals surface area contributed by atoms with Gasteiger partial charge in [0.1, 0.15) is 5.75 Å². The molecule has 3 rings (SSSR count). The fourth-order valence-electron chi connectivity index (χ4n) is 2.28. The molecule has 108 valence electrons. The normalized spacial score (nSPS) is 12.3. The Labute approximate surface area is 124 Å². The SMILES string of the molecule is Cc1cc(-n2ccc(OC(C)n3cccc3)c2)ccc1N. The topological polar surface area (TPSA) is 45.1 Å². The van der Waals surface area contributed by atoms with Gasteiger partial charge in [-0.05, 0) is 55.8 Å². The van der Waals surface area contributed by atoms with Gasteiger partial charge in [0, 0.05) is 30.0 Å². The highest BCUT2D eigenvalue weighted by atomic mass is 16.5. The Bertz CT molecular complexity index is 728. The molecule has 0 bridgehead atoms. The van der Waals surface area contributed by atoms with E-state index in [-0.39, 0.29) is 6.23 Å². The molecule has 4 nitrogen and oxygen atoms in total. The molecule has 1 unspecified atom stereocenters. The lowest BCUT2D eigenvalue weighted by Gasteiger charge is -2.15. The summed E-state index contributed by atoms with van der Waals surface area (Å²) in [5, 5.41) is 0. The summed E-state index contributed by atoms with van der Waals surface area (Å²) < 4.78 is 9.98. The number of hydrogen-bond donors (Lipinski definition) is 1. The zero-order valence-electron chi connectivity index (χ0n) is 12.2. The zero-order chi connectivity index (χ0) is 14.8. The average molecular weight is 281 g/mol. The van der Waals surface area contributed by atoms with Gasteiger partial charge in [0.25, 0.3) is 0 Å². The lowest BCUT2D eigenvalue weighted by Crippen LogP contribution is -2.09. The van der Waals surface area contributed by atoms with E-state index in [9.17, 15) is 0 Å². The van der Waals surface area contributed by atoms with Crippen molar-refractivity contribution in [3.05, 3.63) is 66.7 Å². The van der Waals surface area contributed by atoms with E-state index in [0.717, 1.165) is 22.7 Å². The fourth-order valence-corrected chi connectivity index (χ4v) is 2.28. The summed E-state index contributed by atoms with van der Waals surface area (Å²) in [7, 11) is 0. The third-order valence-corrected chi connectivity index (χ3v) is 3.57. The third kappa shape index (κ3) is 2.79. The summed E-state index contributed by atoms with van der Waals surface area (Å²) in [4.78, 5) is 0. The smallest absolute Gasteiger partial charge is 0.172 e. The molecule has 2 heterocycles. The molecule has 0 saturated heterocycles. The van der Waals surface area contributed by atoms with Crippen molar-refractivity contribution in [2.45, 2.75) is 20.1 Å². The molecule has 4 heteroatoms. The predicted octanol–water partition coefficient (Wildman–Crippen LogP) is 3.77. The Morgan fingerprint density at radius 1 is 1.10 bits per heavy atom. The minimum Gasteiger partial charge on any atom is -0.469 e. The van der Waals surface area contributed by atoms with Crippen molar-refractivity contribution in [3.8, 4) is 11.4 Å². The standard InChI is InChI=1S/C17H19N3O/c1-13-11-15(5-6-17(13)18)20-10-7-16(12-20)21-14(2)19-8-3-4-9-19/h3-12,14H,18H2,1-2H3. The minimum absolute atomic E-state index is 0.0380. The highest BCUT2D eigenvalue weighted by Crippen LogP contribution is 2.22. The fraction of sp³-hybridized carbons (Fsp3) is 0.176. The van der Waals surface area contributed by atoms with Gasteiger partial charge < -0.3 is 19.6 Å². The van der Waals surface area contributed by atoms with E-state index in [0.29, 0.717) is 0 Å². The monoisotopic (exact) mass is 281 g/mol.